The van der Waals surface area contributed by atoms with Gasteiger partial charge in [-0.3, -0.25) is 9.46 Å². The number of carbonyl (C=O) groups is 2. The fourth-order valence-electron chi connectivity index (χ4n) is 8.86. The summed E-state index contributed by atoms with van der Waals surface area (Å²) in [7, 11) is 5.41. The monoisotopic (exact) mass is 824 g/mol. The molecule has 0 aliphatic carbocycles. The van der Waals surface area contributed by atoms with Crippen LogP contribution in [0.2, 0.25) is 0 Å². The minimum Gasteiger partial charge on any atom is -0.456 e. The molecule has 3 unspecified atom stereocenters. The van der Waals surface area contributed by atoms with Crippen molar-refractivity contribution in [3.8, 4) is 0 Å². The van der Waals surface area contributed by atoms with Gasteiger partial charge in [-0.15, -0.1) is 6.58 Å². The van der Waals surface area contributed by atoms with Crippen LogP contribution in [0, 0.1) is 11.8 Å². The van der Waals surface area contributed by atoms with Crippen LogP contribution in [0.4, 0.5) is 4.79 Å². The van der Waals surface area contributed by atoms with Crippen LogP contribution >= 0.6 is 8.46 Å². The standard InChI is InChI=1S/C40H69N6O10P/c1-14-18-40(51-13,22-24(3)23-42-28(7)33-39(10,30(47)15-2)56-37(49)46(33)20-17-16-19-43-44-41)34(26(5)31-27(6)35(48)55-38(8,9)54-31)53-36-32(57-50)29(45(11)12)21-25(4)52-36/h14,24-26,28-30,32-34,36,42,47H,1,15-23H2,2-13H3/t24-,25?,26+,28-,29?,30-,32?,33-,34-,36+,39-,40-/m1/s1. The van der Waals surface area contributed by atoms with Crippen LogP contribution in [0.1, 0.15) is 101 Å². The largest absolute Gasteiger partial charge is 0.456 e. The first-order valence-electron chi connectivity index (χ1n) is 20.3. The molecule has 2 saturated heterocycles. The molecule has 0 bridgehead atoms. The summed E-state index contributed by atoms with van der Waals surface area (Å²) < 4.78 is 50.7. The average molecular weight is 825 g/mol. The number of hydrogen-bond acceptors (Lipinski definition) is 13. The van der Waals surface area contributed by atoms with E-state index >= 15 is 0 Å². The van der Waals surface area contributed by atoms with E-state index in [4.69, 9.17) is 34.0 Å². The van der Waals surface area contributed by atoms with Crippen LogP contribution in [0.5, 0.6) is 0 Å². The quantitative estimate of drug-likeness (QED) is 0.0210. The number of nitrogens with one attached hydrogen (secondary N) is 1. The Kier molecular flexibility index (Phi) is 17.8. The minimum absolute atomic E-state index is 0.0683. The van der Waals surface area contributed by atoms with Crippen LogP contribution in [0.3, 0.4) is 0 Å². The van der Waals surface area contributed by atoms with Crippen molar-refractivity contribution in [2.45, 2.75) is 166 Å². The van der Waals surface area contributed by atoms with Crippen molar-refractivity contribution in [1.29, 1.82) is 0 Å². The molecule has 2 fully saturated rings. The first-order chi connectivity index (χ1) is 26.8. The second-order valence-corrected chi connectivity index (χ2v) is 17.8. The molecule has 324 valence electrons. The SMILES string of the molecule is C=CC[C@](C[C@@H](C)CN[C@H](C)[C@H]1N(CCCCN=[N+]=[N-])C(=O)O[C@]1(C)[C@H](O)CC)(OC)[C@H](O[C@@H]1OC(C)CC(N(C)C)C1P=O)[C@@H](C)C1=C(C)C(=O)OC(C)(C)O1. The number of unbranched alkanes of at least 4 members (excludes halogenated alkanes) is 1. The summed E-state index contributed by atoms with van der Waals surface area (Å²) in [5.74, 6) is -1.94. The molecule has 17 heteroatoms. The lowest BCUT2D eigenvalue weighted by atomic mass is 9.77. The van der Waals surface area contributed by atoms with Gasteiger partial charge in [0.2, 0.25) is 5.79 Å². The van der Waals surface area contributed by atoms with Crippen molar-refractivity contribution < 1.29 is 47.7 Å². The third-order valence-electron chi connectivity index (χ3n) is 11.8. The topological polar surface area (TPSA) is 194 Å². The zero-order valence-electron chi connectivity index (χ0n) is 36.2. The molecule has 0 radical (unpaired) electrons. The van der Waals surface area contributed by atoms with Gasteiger partial charge in [-0.25, -0.2) is 9.59 Å². The first kappa shape index (κ1) is 48.6. The second kappa shape index (κ2) is 20.9. The Labute approximate surface area is 341 Å². The highest BCUT2D eigenvalue weighted by atomic mass is 31.1. The Hall–Kier alpha value is -2.81. The van der Waals surface area contributed by atoms with E-state index in [1.807, 2.05) is 46.7 Å². The summed E-state index contributed by atoms with van der Waals surface area (Å²) >= 11 is 0. The number of esters is 1. The van der Waals surface area contributed by atoms with Gasteiger partial charge in [0.1, 0.15) is 11.4 Å². The Bertz CT molecular complexity index is 1480. The zero-order chi connectivity index (χ0) is 42.9. The van der Waals surface area contributed by atoms with Crippen LogP contribution in [-0.4, -0.2) is 133 Å². The van der Waals surface area contributed by atoms with Gasteiger partial charge in [-0.2, -0.15) is 0 Å². The number of azide groups is 1. The molecule has 0 aromatic carbocycles. The van der Waals surface area contributed by atoms with Crippen molar-refractivity contribution in [1.82, 2.24) is 15.1 Å². The summed E-state index contributed by atoms with van der Waals surface area (Å²) in [6.45, 7) is 21.9. The lowest BCUT2D eigenvalue weighted by molar-refractivity contribution is -0.268. The highest BCUT2D eigenvalue weighted by Gasteiger charge is 2.57. The molecule has 16 nitrogen and oxygen atoms in total. The molecule has 57 heavy (non-hydrogen) atoms. The van der Waals surface area contributed by atoms with Gasteiger partial charge in [0.05, 0.1) is 35.5 Å². The van der Waals surface area contributed by atoms with Crippen LogP contribution in [0.25, 0.3) is 10.4 Å². The molecule has 0 aromatic rings. The Balaban J connectivity index is 2.00. The number of aliphatic hydroxyl groups excluding tert-OH is 1. The van der Waals surface area contributed by atoms with E-state index in [2.05, 4.69) is 28.8 Å². The molecule has 1 amide bonds. The van der Waals surface area contributed by atoms with Gasteiger partial charge in [0.15, 0.2) is 20.4 Å². The van der Waals surface area contributed by atoms with E-state index in [0.717, 1.165) is 0 Å². The third kappa shape index (κ3) is 11.5. The molecule has 0 spiro atoms. The first-order valence-corrected chi connectivity index (χ1v) is 21.1. The molecule has 0 aromatic heterocycles. The summed E-state index contributed by atoms with van der Waals surface area (Å²) in [6, 6.07) is -0.898. The minimum atomic E-state index is -1.22. The molecular formula is C40H69N6O10P. The highest BCUT2D eigenvalue weighted by Crippen LogP contribution is 2.44. The molecule has 2 N–H and O–H groups in total. The number of cyclic esters (lactones) is 2. The van der Waals surface area contributed by atoms with Crippen LogP contribution in [0.15, 0.2) is 29.1 Å². The number of rotatable bonds is 23. The van der Waals surface area contributed by atoms with Crippen molar-refractivity contribution in [3.05, 3.63) is 34.4 Å². The maximum absolute atomic E-state index is 13.3. The Morgan fingerprint density at radius 1 is 1.21 bits per heavy atom. The Morgan fingerprint density at radius 2 is 1.89 bits per heavy atom. The summed E-state index contributed by atoms with van der Waals surface area (Å²) in [5, 5.41) is 18.4. The van der Waals surface area contributed by atoms with Crippen LogP contribution < -0.4 is 5.32 Å². The van der Waals surface area contributed by atoms with E-state index in [1.165, 1.54) is 0 Å². The smallest absolute Gasteiger partial charge is 0.410 e. The number of aliphatic hydroxyl groups is 1. The average Bonchev–Trinajstić information content (AvgIpc) is 3.42. The van der Waals surface area contributed by atoms with E-state index < -0.39 is 65.2 Å². The number of ether oxygens (including phenoxy) is 6. The summed E-state index contributed by atoms with van der Waals surface area (Å²) in [4.78, 5) is 32.9. The van der Waals surface area contributed by atoms with E-state index in [-0.39, 0.29) is 32.6 Å². The number of methoxy groups -OCH3 is 1. The molecule has 3 heterocycles. The van der Waals surface area contributed by atoms with Crippen molar-refractivity contribution >= 4 is 20.5 Å². The fourth-order valence-corrected chi connectivity index (χ4v) is 9.63. The number of nitrogens with zero attached hydrogens (tertiary/aromatic N) is 5. The highest BCUT2D eigenvalue weighted by molar-refractivity contribution is 7.25. The third-order valence-corrected chi connectivity index (χ3v) is 12.6. The fraction of sp³-hybridized carbons (Fsp3) is 0.850. The summed E-state index contributed by atoms with van der Waals surface area (Å²) in [6.07, 6.45) is 1.60. The maximum Gasteiger partial charge on any atom is 0.410 e. The van der Waals surface area contributed by atoms with Gasteiger partial charge in [0, 0.05) is 57.0 Å². The number of carbonyl (C=O) groups excluding carboxylic acids is 2. The normalized spacial score (nSPS) is 30.1. The lowest BCUT2D eigenvalue weighted by Gasteiger charge is -2.48. The van der Waals surface area contributed by atoms with E-state index in [1.54, 1.807) is 45.8 Å². The number of amides is 1. The molecule has 0 saturated carbocycles. The maximum atomic E-state index is 13.3. The number of hydrogen-bond donors (Lipinski definition) is 2. The van der Waals surface area contributed by atoms with Gasteiger partial charge in [-0.05, 0) is 98.3 Å². The lowest BCUT2D eigenvalue weighted by Crippen LogP contribution is -2.60. The van der Waals surface area contributed by atoms with Crippen molar-refractivity contribution in [2.24, 2.45) is 17.0 Å². The predicted molar refractivity (Wildman–Crippen MR) is 217 cm³/mol. The molecule has 12 atom stereocenters. The zero-order valence-corrected chi connectivity index (χ0v) is 37.1. The van der Waals surface area contributed by atoms with Crippen molar-refractivity contribution in [3.63, 3.8) is 0 Å². The molecular weight excluding hydrogens is 755 g/mol. The van der Waals surface area contributed by atoms with Gasteiger partial charge in [0.25, 0.3) is 0 Å². The predicted octanol–water partition coefficient (Wildman–Crippen LogP) is 6.72. The molecule has 3 aliphatic heterocycles. The van der Waals surface area contributed by atoms with Crippen molar-refractivity contribution in [2.75, 3.05) is 40.8 Å². The molecule has 3 rings (SSSR count). The van der Waals surface area contributed by atoms with Gasteiger partial charge in [-0.1, -0.05) is 32.0 Å². The van der Waals surface area contributed by atoms with E-state index in [0.29, 0.717) is 69.5 Å². The Morgan fingerprint density at radius 3 is 2.47 bits per heavy atom. The van der Waals surface area contributed by atoms with Gasteiger partial charge < -0.3 is 43.7 Å². The van der Waals surface area contributed by atoms with Gasteiger partial charge >= 0.3 is 12.1 Å². The van der Waals surface area contributed by atoms with E-state index in [9.17, 15) is 19.3 Å². The van der Waals surface area contributed by atoms with Crippen LogP contribution in [-0.2, 0) is 37.8 Å². The molecule has 3 aliphatic rings. The summed E-state index contributed by atoms with van der Waals surface area (Å²) in [5.41, 5.74) is 6.26. The second-order valence-electron chi connectivity index (χ2n) is 16.9.